The number of nitrogens with zero attached hydrogens (tertiary/aromatic N) is 4. The van der Waals surface area contributed by atoms with E-state index in [1.54, 1.807) is 6.33 Å². The highest BCUT2D eigenvalue weighted by Gasteiger charge is 2.40. The van der Waals surface area contributed by atoms with Gasteiger partial charge in [-0.3, -0.25) is 0 Å². The van der Waals surface area contributed by atoms with Crippen LogP contribution in [0.5, 0.6) is 0 Å². The van der Waals surface area contributed by atoms with E-state index in [9.17, 15) is 0 Å². The van der Waals surface area contributed by atoms with Gasteiger partial charge in [0.15, 0.2) is 19.8 Å². The Labute approximate surface area is 185 Å². The van der Waals surface area contributed by atoms with Crippen molar-refractivity contribution in [2.45, 2.75) is 76.2 Å². The van der Waals surface area contributed by atoms with Gasteiger partial charge >= 0.3 is 0 Å². The van der Waals surface area contributed by atoms with Gasteiger partial charge in [0.05, 0.1) is 12.4 Å². The SMILES string of the molecule is CC(C)(C)[Si](C)(C)OC[C@H]1C[C@@H](n2cnc3c(NC4CC4)ncnc32)c2ccccc21. The fourth-order valence-electron chi connectivity index (χ4n) is 4.26. The molecule has 0 amide bonds. The van der Waals surface area contributed by atoms with Crippen LogP contribution >= 0.6 is 0 Å². The largest absolute Gasteiger partial charge is 0.416 e. The number of fused-ring (bicyclic) bond motifs is 2. The summed E-state index contributed by atoms with van der Waals surface area (Å²) in [4.78, 5) is 13.8. The Hall–Kier alpha value is -2.25. The summed E-state index contributed by atoms with van der Waals surface area (Å²) in [6.07, 6.45) is 7.02. The molecule has 0 spiro atoms. The lowest BCUT2D eigenvalue weighted by atomic mass is 10.0. The minimum absolute atomic E-state index is 0.215. The molecule has 0 bridgehead atoms. The number of anilines is 1. The van der Waals surface area contributed by atoms with E-state index in [1.165, 1.54) is 24.0 Å². The van der Waals surface area contributed by atoms with Crippen LogP contribution in [-0.4, -0.2) is 40.5 Å². The summed E-state index contributed by atoms with van der Waals surface area (Å²) in [5.41, 5.74) is 4.54. The van der Waals surface area contributed by atoms with Crippen LogP contribution in [0.15, 0.2) is 36.9 Å². The van der Waals surface area contributed by atoms with Crippen molar-refractivity contribution >= 4 is 25.3 Å². The molecule has 2 aliphatic rings. The fourth-order valence-corrected chi connectivity index (χ4v) is 5.31. The van der Waals surface area contributed by atoms with Crippen molar-refractivity contribution in [1.82, 2.24) is 19.5 Å². The highest BCUT2D eigenvalue weighted by Crippen LogP contribution is 2.45. The third-order valence-electron chi connectivity index (χ3n) is 7.37. The summed E-state index contributed by atoms with van der Waals surface area (Å²) in [5.74, 6) is 1.24. The van der Waals surface area contributed by atoms with Crippen molar-refractivity contribution in [2.75, 3.05) is 11.9 Å². The van der Waals surface area contributed by atoms with Gasteiger partial charge in [0.2, 0.25) is 0 Å². The number of hydrogen-bond acceptors (Lipinski definition) is 5. The van der Waals surface area contributed by atoms with Crippen LogP contribution < -0.4 is 5.32 Å². The lowest BCUT2D eigenvalue weighted by Crippen LogP contribution is -2.41. The molecule has 2 atom stereocenters. The third kappa shape index (κ3) is 3.78. The zero-order valence-corrected chi connectivity index (χ0v) is 20.2. The minimum atomic E-state index is -1.79. The van der Waals surface area contributed by atoms with Crippen LogP contribution in [0, 0.1) is 0 Å². The Kier molecular flexibility index (Phi) is 4.94. The molecule has 2 heterocycles. The first-order valence-electron chi connectivity index (χ1n) is 11.4. The molecule has 5 rings (SSSR count). The fraction of sp³-hybridized carbons (Fsp3) is 0.542. The van der Waals surface area contributed by atoms with Gasteiger partial charge in [0.1, 0.15) is 11.8 Å². The molecule has 31 heavy (non-hydrogen) atoms. The normalized spacial score (nSPS) is 21.5. The highest BCUT2D eigenvalue weighted by atomic mass is 28.4. The van der Waals surface area contributed by atoms with Gasteiger partial charge in [-0.15, -0.1) is 0 Å². The first kappa shape index (κ1) is 20.6. The third-order valence-corrected chi connectivity index (χ3v) is 11.9. The van der Waals surface area contributed by atoms with Crippen molar-refractivity contribution in [1.29, 1.82) is 0 Å². The second-order valence-corrected chi connectivity index (χ2v) is 15.4. The maximum Gasteiger partial charge on any atom is 0.192 e. The maximum absolute atomic E-state index is 6.64. The summed E-state index contributed by atoms with van der Waals surface area (Å²) in [6, 6.07) is 9.56. The molecule has 2 aromatic heterocycles. The Bertz CT molecular complexity index is 1100. The highest BCUT2D eigenvalue weighted by molar-refractivity contribution is 6.74. The zero-order valence-electron chi connectivity index (χ0n) is 19.2. The Morgan fingerprint density at radius 2 is 1.84 bits per heavy atom. The van der Waals surface area contributed by atoms with Crippen molar-refractivity contribution in [3.8, 4) is 0 Å². The molecule has 3 aromatic rings. The number of rotatable bonds is 6. The number of hydrogen-bond donors (Lipinski definition) is 1. The number of aromatic nitrogens is 4. The first-order chi connectivity index (χ1) is 14.7. The minimum Gasteiger partial charge on any atom is -0.416 e. The van der Waals surface area contributed by atoms with Crippen LogP contribution in [-0.2, 0) is 4.43 Å². The summed E-state index contributed by atoms with van der Waals surface area (Å²) in [6.45, 7) is 12.3. The lowest BCUT2D eigenvalue weighted by molar-refractivity contribution is 0.257. The zero-order chi connectivity index (χ0) is 21.8. The van der Waals surface area contributed by atoms with Gasteiger partial charge in [0, 0.05) is 18.6 Å². The molecule has 0 aliphatic heterocycles. The number of imidazole rings is 1. The Morgan fingerprint density at radius 1 is 1.10 bits per heavy atom. The second kappa shape index (κ2) is 7.41. The topological polar surface area (TPSA) is 64.9 Å². The molecule has 164 valence electrons. The van der Waals surface area contributed by atoms with Crippen molar-refractivity contribution in [3.05, 3.63) is 48.0 Å². The second-order valence-electron chi connectivity index (χ2n) is 10.6. The van der Waals surface area contributed by atoms with E-state index in [2.05, 4.69) is 78.0 Å². The van der Waals surface area contributed by atoms with E-state index in [-0.39, 0.29) is 11.1 Å². The first-order valence-corrected chi connectivity index (χ1v) is 14.3. The maximum atomic E-state index is 6.64. The van der Waals surface area contributed by atoms with Gasteiger partial charge in [-0.1, -0.05) is 45.0 Å². The Balaban J connectivity index is 1.44. The van der Waals surface area contributed by atoms with E-state index < -0.39 is 8.32 Å². The average Bonchev–Trinajstić information content (AvgIpc) is 3.31. The van der Waals surface area contributed by atoms with Crippen LogP contribution in [0.1, 0.15) is 63.1 Å². The van der Waals surface area contributed by atoms with Crippen molar-refractivity contribution < 1.29 is 4.43 Å². The average molecular weight is 436 g/mol. The van der Waals surface area contributed by atoms with Crippen molar-refractivity contribution in [3.63, 3.8) is 0 Å². The van der Waals surface area contributed by atoms with E-state index in [4.69, 9.17) is 9.41 Å². The molecule has 6 nitrogen and oxygen atoms in total. The lowest BCUT2D eigenvalue weighted by Gasteiger charge is -2.37. The smallest absolute Gasteiger partial charge is 0.192 e. The number of benzene rings is 1. The summed E-state index contributed by atoms with van der Waals surface area (Å²) in [5, 5.41) is 3.71. The van der Waals surface area contributed by atoms with Crippen LogP contribution in [0.3, 0.4) is 0 Å². The molecular weight excluding hydrogens is 402 g/mol. The van der Waals surface area contributed by atoms with Crippen LogP contribution in [0.4, 0.5) is 5.82 Å². The van der Waals surface area contributed by atoms with Crippen LogP contribution in [0.25, 0.3) is 11.2 Å². The van der Waals surface area contributed by atoms with E-state index in [0.29, 0.717) is 12.0 Å². The molecule has 0 radical (unpaired) electrons. The monoisotopic (exact) mass is 435 g/mol. The van der Waals surface area contributed by atoms with Crippen molar-refractivity contribution in [2.24, 2.45) is 0 Å². The van der Waals surface area contributed by atoms with Gasteiger partial charge in [0.25, 0.3) is 0 Å². The standard InChI is InChI=1S/C24H33N5OSi/c1-24(2,3)31(4,5)30-13-16-12-20(19-9-7-6-8-18(16)19)29-15-27-21-22(28-17-10-11-17)25-14-26-23(21)29/h6-9,14-17,20H,10-13H2,1-5H3,(H,25,26,28)/t16-,20-/m1/s1. The molecular formula is C24H33N5OSi. The van der Waals surface area contributed by atoms with Gasteiger partial charge < -0.3 is 14.3 Å². The van der Waals surface area contributed by atoms with E-state index in [0.717, 1.165) is 30.0 Å². The summed E-state index contributed by atoms with van der Waals surface area (Å²) < 4.78 is 8.87. The molecule has 0 unspecified atom stereocenters. The number of nitrogens with one attached hydrogen (secondary N) is 1. The van der Waals surface area contributed by atoms with Gasteiger partial charge in [-0.05, 0) is 48.5 Å². The Morgan fingerprint density at radius 3 is 2.55 bits per heavy atom. The van der Waals surface area contributed by atoms with Gasteiger partial charge in [-0.25, -0.2) is 15.0 Å². The quantitative estimate of drug-likeness (QED) is 0.518. The summed E-state index contributed by atoms with van der Waals surface area (Å²) in [7, 11) is -1.79. The summed E-state index contributed by atoms with van der Waals surface area (Å²) >= 11 is 0. The van der Waals surface area contributed by atoms with E-state index in [1.807, 2.05) is 6.33 Å². The predicted octanol–water partition coefficient (Wildman–Crippen LogP) is 5.50. The van der Waals surface area contributed by atoms with E-state index >= 15 is 0 Å². The molecule has 1 aromatic carbocycles. The molecule has 1 saturated carbocycles. The predicted molar refractivity (Wildman–Crippen MR) is 127 cm³/mol. The molecule has 2 aliphatic carbocycles. The van der Waals surface area contributed by atoms with Gasteiger partial charge in [-0.2, -0.15) is 0 Å². The molecule has 0 saturated heterocycles. The molecule has 1 fully saturated rings. The van der Waals surface area contributed by atoms with Crippen LogP contribution in [0.2, 0.25) is 18.1 Å². The molecule has 1 N–H and O–H groups in total. The molecule has 7 heteroatoms.